The van der Waals surface area contributed by atoms with Crippen molar-refractivity contribution in [3.63, 3.8) is 0 Å². The maximum atomic E-state index is 13.7. The highest BCUT2D eigenvalue weighted by molar-refractivity contribution is 7.92. The second-order valence-electron chi connectivity index (χ2n) is 10.6. The van der Waals surface area contributed by atoms with Crippen molar-refractivity contribution in [2.24, 2.45) is 0 Å². The van der Waals surface area contributed by atoms with Crippen molar-refractivity contribution in [3.05, 3.63) is 69.3 Å². The number of alkyl halides is 3. The summed E-state index contributed by atoms with van der Waals surface area (Å²) in [5.74, 6) is -0.220. The average Bonchev–Trinajstić information content (AvgIpc) is 3.50. The van der Waals surface area contributed by atoms with Gasteiger partial charge in [0.25, 0.3) is 5.91 Å². The van der Waals surface area contributed by atoms with Crippen LogP contribution >= 0.6 is 11.3 Å². The van der Waals surface area contributed by atoms with E-state index in [0.717, 1.165) is 22.9 Å². The zero-order valence-corrected chi connectivity index (χ0v) is 24.7. The van der Waals surface area contributed by atoms with Gasteiger partial charge in [-0.25, -0.2) is 8.42 Å². The van der Waals surface area contributed by atoms with Crippen LogP contribution in [0, 0.1) is 0 Å². The van der Waals surface area contributed by atoms with Gasteiger partial charge in [-0.2, -0.15) is 13.2 Å². The number of fused-ring (bicyclic) bond motifs is 2. The number of pyridine rings is 1. The van der Waals surface area contributed by atoms with E-state index in [-0.39, 0.29) is 42.1 Å². The number of amides is 1. The van der Waals surface area contributed by atoms with Crippen molar-refractivity contribution in [2.75, 3.05) is 21.9 Å². The van der Waals surface area contributed by atoms with Gasteiger partial charge < -0.3 is 15.2 Å². The third kappa shape index (κ3) is 7.15. The fourth-order valence-electron chi connectivity index (χ4n) is 5.61. The predicted octanol–water partition coefficient (Wildman–Crippen LogP) is 6.73. The maximum Gasteiger partial charge on any atom is 0.417 e. The van der Waals surface area contributed by atoms with Crippen molar-refractivity contribution in [1.29, 1.82) is 0 Å². The molecule has 1 fully saturated rings. The normalized spacial score (nSPS) is 17.3. The number of aromatic amines is 1. The number of nitrogens with zero attached hydrogens (tertiary/aromatic N) is 1. The second-order valence-corrected chi connectivity index (χ2v) is 13.5. The number of thiophene rings is 1. The molecule has 8 nitrogen and oxygen atoms in total. The van der Waals surface area contributed by atoms with Crippen LogP contribution in [-0.2, 0) is 16.2 Å². The van der Waals surface area contributed by atoms with Crippen molar-refractivity contribution in [3.8, 4) is 0 Å². The van der Waals surface area contributed by atoms with Crippen molar-refractivity contribution in [1.82, 2.24) is 10.3 Å². The van der Waals surface area contributed by atoms with Crippen LogP contribution in [0.15, 0.2) is 53.3 Å². The molecule has 1 saturated heterocycles. The molecule has 2 aromatic carbocycles. The monoisotopic (exact) mass is 636 g/mol. The molecular formula is C30H35F3N4O4S2. The van der Waals surface area contributed by atoms with Crippen LogP contribution < -0.4 is 20.5 Å². The zero-order chi connectivity index (χ0) is 30.2. The Balaban J connectivity index is 0.00000423. The Morgan fingerprint density at radius 2 is 1.88 bits per heavy atom. The Bertz CT molecular complexity index is 1800. The molecule has 0 aliphatic carbocycles. The number of carbonyl (C=O) groups excluding carboxylic acids is 1. The lowest BCUT2D eigenvalue weighted by Crippen LogP contribution is -2.37. The summed E-state index contributed by atoms with van der Waals surface area (Å²) in [6.07, 6.45) is -1.88. The lowest BCUT2D eigenvalue weighted by atomic mass is 10.1. The molecule has 0 radical (unpaired) electrons. The van der Waals surface area contributed by atoms with Crippen LogP contribution in [-0.4, -0.2) is 43.7 Å². The van der Waals surface area contributed by atoms with E-state index in [1.807, 2.05) is 6.92 Å². The highest BCUT2D eigenvalue weighted by atomic mass is 32.2. The molecule has 0 unspecified atom stereocenters. The van der Waals surface area contributed by atoms with Crippen LogP contribution in [0.25, 0.3) is 21.0 Å². The summed E-state index contributed by atoms with van der Waals surface area (Å²) in [5.41, 5.74) is -0.563. The molecule has 13 heteroatoms. The molecular weight excluding hydrogens is 601 g/mol. The van der Waals surface area contributed by atoms with Gasteiger partial charge in [-0.1, -0.05) is 14.4 Å². The number of aromatic nitrogens is 1. The zero-order valence-electron chi connectivity index (χ0n) is 23.0. The third-order valence-electron chi connectivity index (χ3n) is 7.47. The minimum absolute atomic E-state index is 0. The van der Waals surface area contributed by atoms with E-state index >= 15 is 0 Å². The molecule has 3 heterocycles. The predicted molar refractivity (Wildman–Crippen MR) is 168 cm³/mol. The van der Waals surface area contributed by atoms with Crippen LogP contribution in [0.5, 0.6) is 0 Å². The molecule has 0 spiro atoms. The molecule has 2 aromatic heterocycles. The van der Waals surface area contributed by atoms with E-state index < -0.39 is 27.3 Å². The molecule has 232 valence electrons. The van der Waals surface area contributed by atoms with Gasteiger partial charge in [0.2, 0.25) is 15.6 Å². The number of nitrogens with one attached hydrogen (secondary N) is 3. The fraction of sp³-hybridized carbons (Fsp3) is 0.400. The number of halogens is 3. The lowest BCUT2D eigenvalue weighted by Gasteiger charge is -2.31. The van der Waals surface area contributed by atoms with Crippen molar-refractivity contribution in [2.45, 2.75) is 65.2 Å². The molecule has 1 aliphatic rings. The SMILES string of the molecule is C.CCCS(=O)(=O)Nc1ccc2sc(C(=O)NCC[C@H]3CC[C@@H](C)N3c3ccc4[nH]c(=O)cc(C(F)(F)F)c4c3)cc2c1. The Hall–Kier alpha value is -3.58. The molecule has 0 bridgehead atoms. The molecule has 4 aromatic rings. The molecule has 43 heavy (non-hydrogen) atoms. The molecule has 1 amide bonds. The molecule has 2 atom stereocenters. The van der Waals surface area contributed by atoms with Gasteiger partial charge in [0, 0.05) is 51.7 Å². The summed E-state index contributed by atoms with van der Waals surface area (Å²) in [5, 5.41) is 3.65. The smallest absolute Gasteiger partial charge is 0.366 e. The average molecular weight is 637 g/mol. The van der Waals surface area contributed by atoms with Crippen LogP contribution in [0.4, 0.5) is 24.5 Å². The molecule has 5 rings (SSSR count). The van der Waals surface area contributed by atoms with Gasteiger partial charge in [0.1, 0.15) is 0 Å². The summed E-state index contributed by atoms with van der Waals surface area (Å²) >= 11 is 1.31. The van der Waals surface area contributed by atoms with Crippen LogP contribution in [0.2, 0.25) is 0 Å². The first-order valence-corrected chi connectivity index (χ1v) is 16.2. The summed E-state index contributed by atoms with van der Waals surface area (Å²) in [7, 11) is -3.43. The number of rotatable bonds is 9. The summed E-state index contributed by atoms with van der Waals surface area (Å²) in [6, 6.07) is 12.3. The summed E-state index contributed by atoms with van der Waals surface area (Å²) < 4.78 is 68.7. The highest BCUT2D eigenvalue weighted by Crippen LogP contribution is 2.38. The number of hydrogen-bond donors (Lipinski definition) is 3. The Morgan fingerprint density at radius 1 is 1.12 bits per heavy atom. The van der Waals surface area contributed by atoms with Gasteiger partial charge >= 0.3 is 6.18 Å². The Morgan fingerprint density at radius 3 is 2.60 bits per heavy atom. The third-order valence-corrected chi connectivity index (χ3v) is 10.1. The first kappa shape index (κ1) is 32.3. The molecule has 1 aliphatic heterocycles. The number of hydrogen-bond acceptors (Lipinski definition) is 6. The fourth-order valence-corrected chi connectivity index (χ4v) is 7.70. The number of sulfonamides is 1. The van der Waals surface area contributed by atoms with Gasteiger partial charge in [-0.3, -0.25) is 14.3 Å². The van der Waals surface area contributed by atoms with E-state index in [0.29, 0.717) is 41.7 Å². The topological polar surface area (TPSA) is 111 Å². The highest BCUT2D eigenvalue weighted by Gasteiger charge is 2.35. The number of anilines is 2. The maximum absolute atomic E-state index is 13.7. The number of H-pyrrole nitrogens is 1. The van der Waals surface area contributed by atoms with Gasteiger partial charge in [0.05, 0.1) is 16.2 Å². The summed E-state index contributed by atoms with van der Waals surface area (Å²) in [4.78, 5) is 29.8. The largest absolute Gasteiger partial charge is 0.417 e. The van der Waals surface area contributed by atoms with Crippen molar-refractivity contribution < 1.29 is 26.4 Å². The van der Waals surface area contributed by atoms with Crippen molar-refractivity contribution >= 4 is 59.6 Å². The van der Waals surface area contributed by atoms with Crippen LogP contribution in [0.1, 0.15) is 62.2 Å². The van der Waals surface area contributed by atoms with E-state index in [4.69, 9.17) is 0 Å². The van der Waals surface area contributed by atoms with E-state index in [9.17, 15) is 31.2 Å². The molecule has 0 saturated carbocycles. The minimum Gasteiger partial charge on any atom is -0.366 e. The minimum atomic E-state index is -4.66. The van der Waals surface area contributed by atoms with E-state index in [1.165, 1.54) is 23.5 Å². The first-order chi connectivity index (χ1) is 19.8. The standard InChI is InChI=1S/C29H31F3N4O4S2.CH4/c1-3-12-42(39,40)35-19-5-9-25-18(13-19)14-26(41-25)28(38)33-11-10-20-6-4-17(2)36(20)21-7-8-24-22(15-21)23(29(30,31)32)16-27(37)34-24;/h5,7-9,13-17,20,35H,3-4,6,10-12H2,1-2H3,(H,33,38)(H,34,37);1H4/t17-,20-;/m1./s1. The van der Waals surface area contributed by atoms with Crippen LogP contribution in [0.3, 0.4) is 0 Å². The number of benzene rings is 2. The first-order valence-electron chi connectivity index (χ1n) is 13.7. The number of carbonyl (C=O) groups is 1. The van der Waals surface area contributed by atoms with Gasteiger partial charge in [-0.05, 0) is 80.5 Å². The van der Waals surface area contributed by atoms with E-state index in [2.05, 4.69) is 19.9 Å². The quantitative estimate of drug-likeness (QED) is 0.189. The Labute approximate surface area is 252 Å². The second kappa shape index (κ2) is 12.6. The van der Waals surface area contributed by atoms with Gasteiger partial charge in [0.15, 0.2) is 0 Å². The van der Waals surface area contributed by atoms with Gasteiger partial charge in [-0.15, -0.1) is 11.3 Å². The lowest BCUT2D eigenvalue weighted by molar-refractivity contribution is -0.136. The molecule has 3 N–H and O–H groups in total. The summed E-state index contributed by atoms with van der Waals surface area (Å²) in [6.45, 7) is 4.18. The van der Waals surface area contributed by atoms with E-state index in [1.54, 1.807) is 37.3 Å². The Kier molecular flexibility index (Phi) is 9.45.